The molecule has 2 aliphatic rings. The van der Waals surface area contributed by atoms with E-state index in [-0.39, 0.29) is 48.1 Å². The van der Waals surface area contributed by atoms with E-state index in [1.165, 1.54) is 0 Å². The quantitative estimate of drug-likeness (QED) is 0.350. The SMILES string of the molecule is CCNC(=NCCC(=O)NC(C)C)N1CCOC(C2CCCO2)C1.I. The number of nitrogens with one attached hydrogen (secondary N) is 2. The predicted octanol–water partition coefficient (Wildman–Crippen LogP) is 1.36. The fourth-order valence-corrected chi connectivity index (χ4v) is 3.07. The molecule has 25 heavy (non-hydrogen) atoms. The first kappa shape index (κ1) is 22.4. The molecule has 0 aromatic carbocycles. The first-order valence-corrected chi connectivity index (χ1v) is 9.16. The molecule has 0 bridgehead atoms. The van der Waals surface area contributed by atoms with Gasteiger partial charge >= 0.3 is 0 Å². The number of guanidine groups is 1. The van der Waals surface area contributed by atoms with E-state index in [1.54, 1.807) is 0 Å². The van der Waals surface area contributed by atoms with Gasteiger partial charge in [0.1, 0.15) is 6.10 Å². The van der Waals surface area contributed by atoms with Crippen LogP contribution in [0.1, 0.15) is 40.0 Å². The average molecular weight is 468 g/mol. The van der Waals surface area contributed by atoms with Crippen LogP contribution in [-0.2, 0) is 14.3 Å². The van der Waals surface area contributed by atoms with E-state index in [4.69, 9.17) is 9.47 Å². The first-order valence-electron chi connectivity index (χ1n) is 9.16. The lowest BCUT2D eigenvalue weighted by atomic mass is 10.1. The maximum Gasteiger partial charge on any atom is 0.222 e. The van der Waals surface area contributed by atoms with Gasteiger partial charge in [0, 0.05) is 38.7 Å². The van der Waals surface area contributed by atoms with Gasteiger partial charge in [0.15, 0.2) is 5.96 Å². The van der Waals surface area contributed by atoms with Crippen LogP contribution in [-0.4, -0.2) is 74.4 Å². The van der Waals surface area contributed by atoms with Crippen LogP contribution in [0.2, 0.25) is 0 Å². The largest absolute Gasteiger partial charge is 0.375 e. The summed E-state index contributed by atoms with van der Waals surface area (Å²) in [5.74, 6) is 0.907. The molecule has 2 saturated heterocycles. The van der Waals surface area contributed by atoms with Gasteiger partial charge in [-0.25, -0.2) is 0 Å². The summed E-state index contributed by atoms with van der Waals surface area (Å²) >= 11 is 0. The van der Waals surface area contributed by atoms with E-state index in [2.05, 4.69) is 27.4 Å². The van der Waals surface area contributed by atoms with Crippen molar-refractivity contribution in [1.82, 2.24) is 15.5 Å². The monoisotopic (exact) mass is 468 g/mol. The second-order valence-electron chi connectivity index (χ2n) is 6.61. The van der Waals surface area contributed by atoms with Crippen LogP contribution in [0.25, 0.3) is 0 Å². The molecule has 0 aromatic rings. The third kappa shape index (κ3) is 7.65. The standard InChI is InChI=1S/C17H32N4O3.HI/c1-4-18-17(19-8-7-16(22)20-13(2)3)21-9-11-24-15(12-21)14-6-5-10-23-14;/h13-15H,4-12H2,1-3H3,(H,18,19)(H,20,22);1H. The molecule has 2 heterocycles. The number of rotatable bonds is 6. The molecule has 0 spiro atoms. The summed E-state index contributed by atoms with van der Waals surface area (Å²) in [6.45, 7) is 10.4. The highest BCUT2D eigenvalue weighted by atomic mass is 127. The Morgan fingerprint density at radius 1 is 1.28 bits per heavy atom. The summed E-state index contributed by atoms with van der Waals surface area (Å²) in [5.41, 5.74) is 0. The third-order valence-corrected chi connectivity index (χ3v) is 4.16. The van der Waals surface area contributed by atoms with Crippen LogP contribution in [0.15, 0.2) is 4.99 Å². The third-order valence-electron chi connectivity index (χ3n) is 4.16. The van der Waals surface area contributed by atoms with Gasteiger partial charge in [0.25, 0.3) is 0 Å². The summed E-state index contributed by atoms with van der Waals surface area (Å²) < 4.78 is 11.7. The van der Waals surface area contributed by atoms with Gasteiger partial charge < -0.3 is 25.0 Å². The van der Waals surface area contributed by atoms with E-state index in [0.29, 0.717) is 19.6 Å². The summed E-state index contributed by atoms with van der Waals surface area (Å²) in [4.78, 5) is 18.6. The molecule has 2 atom stereocenters. The molecule has 0 aromatic heterocycles. The molecule has 2 unspecified atom stereocenters. The lowest BCUT2D eigenvalue weighted by Gasteiger charge is -2.37. The minimum absolute atomic E-state index is 0. The number of ether oxygens (including phenoxy) is 2. The van der Waals surface area contributed by atoms with Gasteiger partial charge in [-0.15, -0.1) is 24.0 Å². The van der Waals surface area contributed by atoms with Crippen molar-refractivity contribution in [3.8, 4) is 0 Å². The molecule has 146 valence electrons. The van der Waals surface area contributed by atoms with Crippen molar-refractivity contribution in [3.63, 3.8) is 0 Å². The normalized spacial score (nSPS) is 24.2. The summed E-state index contributed by atoms with van der Waals surface area (Å²) in [6, 6.07) is 0.168. The van der Waals surface area contributed by atoms with Gasteiger partial charge in [0.05, 0.1) is 19.3 Å². The second kappa shape index (κ2) is 11.9. The molecular weight excluding hydrogens is 435 g/mol. The highest BCUT2D eigenvalue weighted by Gasteiger charge is 2.32. The van der Waals surface area contributed by atoms with Crippen LogP contribution in [0, 0.1) is 0 Å². The number of halogens is 1. The molecule has 1 amide bonds. The van der Waals surface area contributed by atoms with Gasteiger partial charge in [0.2, 0.25) is 5.91 Å². The summed E-state index contributed by atoms with van der Waals surface area (Å²) in [7, 11) is 0. The van der Waals surface area contributed by atoms with Crippen molar-refractivity contribution >= 4 is 35.8 Å². The van der Waals surface area contributed by atoms with Crippen molar-refractivity contribution in [2.24, 2.45) is 4.99 Å². The molecule has 8 heteroatoms. The van der Waals surface area contributed by atoms with Crippen LogP contribution in [0.4, 0.5) is 0 Å². The van der Waals surface area contributed by atoms with E-state index in [0.717, 1.165) is 45.0 Å². The lowest BCUT2D eigenvalue weighted by molar-refractivity contribution is -0.121. The predicted molar refractivity (Wildman–Crippen MR) is 110 cm³/mol. The second-order valence-corrected chi connectivity index (χ2v) is 6.61. The van der Waals surface area contributed by atoms with Crippen molar-refractivity contribution < 1.29 is 14.3 Å². The van der Waals surface area contributed by atoms with Crippen molar-refractivity contribution in [2.45, 2.75) is 58.3 Å². The number of morpholine rings is 1. The average Bonchev–Trinajstić information content (AvgIpc) is 3.08. The van der Waals surface area contributed by atoms with Crippen LogP contribution >= 0.6 is 24.0 Å². The molecule has 2 fully saturated rings. The van der Waals surface area contributed by atoms with Crippen molar-refractivity contribution in [3.05, 3.63) is 0 Å². The van der Waals surface area contributed by atoms with Gasteiger partial charge in [-0.2, -0.15) is 0 Å². The minimum Gasteiger partial charge on any atom is -0.375 e. The van der Waals surface area contributed by atoms with Crippen LogP contribution < -0.4 is 10.6 Å². The Morgan fingerprint density at radius 3 is 2.68 bits per heavy atom. The maximum absolute atomic E-state index is 11.7. The van der Waals surface area contributed by atoms with Crippen LogP contribution in [0.5, 0.6) is 0 Å². The van der Waals surface area contributed by atoms with Crippen molar-refractivity contribution in [1.29, 1.82) is 0 Å². The number of hydrogen-bond acceptors (Lipinski definition) is 4. The fourth-order valence-electron chi connectivity index (χ4n) is 3.07. The zero-order chi connectivity index (χ0) is 17.4. The lowest BCUT2D eigenvalue weighted by Crippen LogP contribution is -2.53. The molecule has 2 aliphatic heterocycles. The number of nitrogens with zero attached hydrogens (tertiary/aromatic N) is 2. The summed E-state index contributed by atoms with van der Waals surface area (Å²) in [5, 5.41) is 6.22. The molecule has 0 aliphatic carbocycles. The Kier molecular flexibility index (Phi) is 10.7. The number of carbonyl (C=O) groups is 1. The zero-order valence-electron chi connectivity index (χ0n) is 15.6. The first-order chi connectivity index (χ1) is 11.6. The zero-order valence-corrected chi connectivity index (χ0v) is 18.0. The number of hydrogen-bond donors (Lipinski definition) is 2. The number of aliphatic imine (C=N–C) groups is 1. The van der Waals surface area contributed by atoms with Crippen LogP contribution in [0.3, 0.4) is 0 Å². The maximum atomic E-state index is 11.7. The number of carbonyl (C=O) groups excluding carboxylic acids is 1. The minimum atomic E-state index is 0. The Hall–Kier alpha value is -0.610. The van der Waals surface area contributed by atoms with E-state index >= 15 is 0 Å². The molecule has 0 radical (unpaired) electrons. The van der Waals surface area contributed by atoms with Gasteiger partial charge in [-0.1, -0.05) is 0 Å². The van der Waals surface area contributed by atoms with E-state index in [9.17, 15) is 4.79 Å². The van der Waals surface area contributed by atoms with Gasteiger partial charge in [-0.3, -0.25) is 9.79 Å². The Bertz CT molecular complexity index is 428. The fraction of sp³-hybridized carbons (Fsp3) is 0.882. The molecule has 2 rings (SSSR count). The van der Waals surface area contributed by atoms with E-state index < -0.39 is 0 Å². The molecular formula is C17H33IN4O3. The van der Waals surface area contributed by atoms with Crippen molar-refractivity contribution in [2.75, 3.05) is 39.4 Å². The summed E-state index contributed by atoms with van der Waals surface area (Å²) in [6.07, 6.45) is 2.90. The number of amides is 1. The molecule has 2 N–H and O–H groups in total. The Labute approximate surface area is 168 Å². The Balaban J connectivity index is 0.00000312. The van der Waals surface area contributed by atoms with E-state index in [1.807, 2.05) is 13.8 Å². The smallest absolute Gasteiger partial charge is 0.222 e. The molecule has 7 nitrogen and oxygen atoms in total. The highest BCUT2D eigenvalue weighted by Crippen LogP contribution is 2.21. The van der Waals surface area contributed by atoms with Gasteiger partial charge in [-0.05, 0) is 33.6 Å². The topological polar surface area (TPSA) is 75.2 Å². The Morgan fingerprint density at radius 2 is 2.04 bits per heavy atom. The molecule has 0 saturated carbocycles. The highest BCUT2D eigenvalue weighted by molar-refractivity contribution is 14.0.